The second kappa shape index (κ2) is 13.4. The Morgan fingerprint density at radius 1 is 0.661 bits per heavy atom. The van der Waals surface area contributed by atoms with E-state index in [1.54, 1.807) is 50.3 Å². The normalized spacial score (nSPS) is 28.6. The number of carbonyl (C=O) groups is 6. The third-order valence-corrected chi connectivity index (χ3v) is 11.2. The van der Waals surface area contributed by atoms with E-state index in [0.717, 1.165) is 0 Å². The van der Waals surface area contributed by atoms with Crippen LogP contribution in [0.15, 0.2) is 146 Å². The van der Waals surface area contributed by atoms with Gasteiger partial charge in [-0.1, -0.05) is 70.7 Å². The zero-order valence-corrected chi connectivity index (χ0v) is 31.9. The van der Waals surface area contributed by atoms with Gasteiger partial charge >= 0.3 is 0 Å². The van der Waals surface area contributed by atoms with E-state index in [0.29, 0.717) is 16.7 Å². The summed E-state index contributed by atoms with van der Waals surface area (Å²) in [5, 5.41) is 21.9. The highest BCUT2D eigenvalue weighted by atomic mass is 16.3. The molecule has 0 fully saturated rings. The summed E-state index contributed by atoms with van der Waals surface area (Å²) >= 11 is 0. The third kappa shape index (κ3) is 5.65. The minimum Gasteiger partial charge on any atom is -0.508 e. The Balaban J connectivity index is 1.32. The molecule has 16 heteroatoms. The summed E-state index contributed by atoms with van der Waals surface area (Å²) in [6.07, 6.45) is 12.8. The molecule has 0 saturated carbocycles. The molecule has 0 aromatic rings. The van der Waals surface area contributed by atoms with Crippen LogP contribution < -0.4 is 0 Å². The fraction of sp³-hybridized carbons (Fsp3) is 0.256. The molecule has 0 aromatic heterocycles. The minimum absolute atomic E-state index is 0.00455. The van der Waals surface area contributed by atoms with Gasteiger partial charge in [-0.3, -0.25) is 28.8 Å². The van der Waals surface area contributed by atoms with Gasteiger partial charge in [0.25, 0.3) is 0 Å². The van der Waals surface area contributed by atoms with Crippen LogP contribution in [0.4, 0.5) is 0 Å². The van der Waals surface area contributed by atoms with E-state index < -0.39 is 75.9 Å². The number of aliphatic imine (C=N–C) groups is 8. The van der Waals surface area contributed by atoms with E-state index in [2.05, 4.69) is 16.6 Å². The molecule has 292 valence electrons. The molecule has 10 rings (SSSR count). The van der Waals surface area contributed by atoms with Crippen LogP contribution in [0, 0.1) is 41.4 Å². The number of fused-ring (bicyclic) bond motifs is 7. The first-order chi connectivity index (χ1) is 28.2. The van der Waals surface area contributed by atoms with Crippen molar-refractivity contribution in [3.05, 3.63) is 106 Å². The second-order valence-corrected chi connectivity index (χ2v) is 15.4. The van der Waals surface area contributed by atoms with Crippen molar-refractivity contribution in [2.75, 3.05) is 0 Å². The van der Waals surface area contributed by atoms with Crippen LogP contribution >= 0.6 is 0 Å². The van der Waals surface area contributed by atoms with E-state index in [1.807, 2.05) is 13.8 Å². The van der Waals surface area contributed by atoms with Gasteiger partial charge in [-0.15, -0.1) is 0 Å². The van der Waals surface area contributed by atoms with Crippen LogP contribution in [-0.4, -0.2) is 92.1 Å². The highest BCUT2D eigenvalue weighted by molar-refractivity contribution is 6.48. The molecule has 0 aromatic carbocycles. The molecule has 5 heterocycles. The van der Waals surface area contributed by atoms with Crippen LogP contribution in [0.3, 0.4) is 0 Å². The average molecular weight is 789 g/mol. The fourth-order valence-corrected chi connectivity index (χ4v) is 8.16. The molecule has 5 aliphatic heterocycles. The summed E-state index contributed by atoms with van der Waals surface area (Å²) < 4.78 is 0. The summed E-state index contributed by atoms with van der Waals surface area (Å²) in [4.78, 5) is 116. The molecule has 6 atom stereocenters. The lowest BCUT2D eigenvalue weighted by Gasteiger charge is -2.29. The van der Waals surface area contributed by atoms with Crippen molar-refractivity contribution in [1.29, 1.82) is 0 Å². The molecule has 5 aliphatic carbocycles. The smallest absolute Gasteiger partial charge is 0.210 e. The maximum Gasteiger partial charge on any atom is 0.210 e. The Morgan fingerprint density at radius 2 is 1.20 bits per heavy atom. The van der Waals surface area contributed by atoms with Gasteiger partial charge in [0.1, 0.15) is 5.76 Å². The van der Waals surface area contributed by atoms with Gasteiger partial charge in [-0.05, 0) is 18.1 Å². The predicted octanol–water partition coefficient (Wildman–Crippen LogP) is 3.73. The number of Topliss-reactive ketones (excluding diaryl/α,β-unsaturated/α-hetero) is 5. The first-order valence-corrected chi connectivity index (χ1v) is 18.8. The molecule has 6 unspecified atom stereocenters. The number of hydrogen-bond donors (Lipinski definition) is 2. The Morgan fingerprint density at radius 3 is 1.86 bits per heavy atom. The molecule has 10 aliphatic rings. The van der Waals surface area contributed by atoms with E-state index in [9.17, 15) is 39.0 Å². The van der Waals surface area contributed by atoms with E-state index >= 15 is 0 Å². The number of aliphatic hydroxyl groups excluding tert-OH is 2. The molecular weight excluding hydrogens is 757 g/mol. The summed E-state index contributed by atoms with van der Waals surface area (Å²) in [6, 6.07) is 0. The number of aldehydes is 1. The molecule has 10 bridgehead atoms. The lowest BCUT2D eigenvalue weighted by Crippen LogP contribution is -2.41. The van der Waals surface area contributed by atoms with E-state index in [4.69, 9.17) is 30.0 Å². The lowest BCUT2D eigenvalue weighted by atomic mass is 9.70. The topological polar surface area (TPSA) is 242 Å². The SMILES string of the molecule is C=C1C(O)=C(O)C(C)C2=C1C1=NC2=NC2=NC(=NC3=NC(=NC4=NC(=N1)C=C4C(/C=C\C(C)C)C(=O)C=O)C(C1C=CC(C)C(=O)C1=O)=C3)C1=C2C2C=CC1C(=O)C2=O. The Hall–Kier alpha value is -7.36. The predicted molar refractivity (Wildman–Crippen MR) is 217 cm³/mol. The maximum atomic E-state index is 13.5. The molecule has 2 N–H and O–H groups in total. The largest absolute Gasteiger partial charge is 0.508 e. The first kappa shape index (κ1) is 37.2. The molecular formula is C43H32N8O8. The van der Waals surface area contributed by atoms with Gasteiger partial charge in [-0.2, -0.15) is 0 Å². The van der Waals surface area contributed by atoms with Crippen molar-refractivity contribution in [2.45, 2.75) is 27.7 Å². The van der Waals surface area contributed by atoms with Gasteiger partial charge in [0.2, 0.25) is 28.9 Å². The molecule has 16 nitrogen and oxygen atoms in total. The van der Waals surface area contributed by atoms with Crippen LogP contribution in [0.5, 0.6) is 0 Å². The Bertz CT molecular complexity index is 2780. The second-order valence-electron chi connectivity index (χ2n) is 15.4. The van der Waals surface area contributed by atoms with Crippen molar-refractivity contribution in [3.63, 3.8) is 0 Å². The lowest BCUT2D eigenvalue weighted by molar-refractivity contribution is -0.139. The van der Waals surface area contributed by atoms with Gasteiger partial charge in [0.05, 0.1) is 23.7 Å². The highest BCUT2D eigenvalue weighted by Crippen LogP contribution is 2.45. The number of carbonyl (C=O) groups excluding carboxylic acids is 6. The fourth-order valence-electron chi connectivity index (χ4n) is 8.16. The number of ketones is 5. The van der Waals surface area contributed by atoms with Gasteiger partial charge in [0, 0.05) is 50.8 Å². The number of nitrogens with zero attached hydrogens (tertiary/aromatic N) is 8. The van der Waals surface area contributed by atoms with Crippen molar-refractivity contribution < 1.29 is 39.0 Å². The zero-order chi connectivity index (χ0) is 41.8. The van der Waals surface area contributed by atoms with Crippen LogP contribution in [0.2, 0.25) is 0 Å². The van der Waals surface area contributed by atoms with Crippen molar-refractivity contribution in [3.8, 4) is 0 Å². The monoisotopic (exact) mass is 788 g/mol. The van der Waals surface area contributed by atoms with Crippen LogP contribution in [0.1, 0.15) is 27.7 Å². The molecule has 0 amide bonds. The number of amidine groups is 8. The summed E-state index contributed by atoms with van der Waals surface area (Å²) in [5.74, 6) is -10.5. The quantitative estimate of drug-likeness (QED) is 0.228. The van der Waals surface area contributed by atoms with Crippen molar-refractivity contribution in [2.24, 2.45) is 81.4 Å². The number of allylic oxidation sites excluding steroid dienone is 8. The van der Waals surface area contributed by atoms with E-state index in [-0.39, 0.29) is 81.2 Å². The molecule has 0 radical (unpaired) electrons. The van der Waals surface area contributed by atoms with Gasteiger partial charge in [-0.25, -0.2) is 39.9 Å². The molecule has 0 saturated heterocycles. The van der Waals surface area contributed by atoms with Crippen LogP contribution in [0.25, 0.3) is 0 Å². The third-order valence-electron chi connectivity index (χ3n) is 11.2. The maximum absolute atomic E-state index is 13.5. The van der Waals surface area contributed by atoms with Crippen molar-refractivity contribution in [1.82, 2.24) is 0 Å². The number of aliphatic hydroxyl groups is 2. The zero-order valence-electron chi connectivity index (χ0n) is 31.9. The Kier molecular flexibility index (Phi) is 8.43. The number of hydrogen-bond acceptors (Lipinski definition) is 16. The standard InChI is InChI=1S/C43H32N8O8/c1-15(2)6-8-19(25(53)14-52)23-12-26-44-38(23)48-39-24(20-9-7-16(3)32(54)35(20)57)13-27(45-39)47-42-30-21-10-11-22(37(59)36(21)58)31(30)43(51-42)50-41-29-18(5)34(56)33(55)17(4)28(29)40(46-26)49-41/h6-16,18-22,55-56H,4H2,1-3,5H3/b8-6-,46-26?,46-40?,47-27?,47-42?,48-38?,48-39?,50-41?,50-43?. The molecule has 0 spiro atoms. The minimum atomic E-state index is -1.18. The highest BCUT2D eigenvalue weighted by Gasteiger charge is 2.50. The Labute approximate surface area is 335 Å². The first-order valence-electron chi connectivity index (χ1n) is 18.8. The van der Waals surface area contributed by atoms with Gasteiger partial charge < -0.3 is 10.2 Å². The van der Waals surface area contributed by atoms with Gasteiger partial charge in [0.15, 0.2) is 58.7 Å². The summed E-state index contributed by atoms with van der Waals surface area (Å²) in [5.41, 5.74) is 1.53. The van der Waals surface area contributed by atoms with E-state index in [1.165, 1.54) is 12.2 Å². The molecule has 59 heavy (non-hydrogen) atoms. The summed E-state index contributed by atoms with van der Waals surface area (Å²) in [7, 11) is 0. The van der Waals surface area contributed by atoms with Crippen molar-refractivity contribution >= 4 is 81.9 Å². The number of rotatable bonds is 6. The van der Waals surface area contributed by atoms with Crippen LogP contribution in [-0.2, 0) is 28.8 Å². The summed E-state index contributed by atoms with van der Waals surface area (Å²) in [6.45, 7) is 11.0. The average Bonchev–Trinajstić information content (AvgIpc) is 3.98.